The summed E-state index contributed by atoms with van der Waals surface area (Å²) in [6.45, 7) is 2.98. The first-order valence-electron chi connectivity index (χ1n) is 5.80. The molecule has 0 heterocycles. The van der Waals surface area contributed by atoms with Crippen LogP contribution in [0, 0.1) is 10.1 Å². The number of hydrogen-bond donors (Lipinski definition) is 2. The molecule has 0 amide bonds. The predicted molar refractivity (Wildman–Crippen MR) is 78.7 cm³/mol. The zero-order valence-electron chi connectivity index (χ0n) is 10.9. The van der Waals surface area contributed by atoms with Crippen molar-refractivity contribution >= 4 is 28.8 Å². The molecule has 2 N–H and O–H groups in total. The van der Waals surface area contributed by atoms with Gasteiger partial charge in [-0.05, 0) is 18.7 Å². The van der Waals surface area contributed by atoms with E-state index in [9.17, 15) is 10.1 Å². The molecule has 1 rings (SSSR count). The molecule has 1 unspecified atom stereocenters. The number of anilines is 2. The van der Waals surface area contributed by atoms with E-state index in [0.717, 1.165) is 24.3 Å². The number of nitro benzene ring substituents is 1. The lowest BCUT2D eigenvalue weighted by Crippen LogP contribution is -2.08. The Labute approximate surface area is 111 Å². The van der Waals surface area contributed by atoms with Gasteiger partial charge in [0.25, 0.3) is 5.69 Å². The fourth-order valence-electron chi connectivity index (χ4n) is 1.50. The number of nitrogens with zero attached hydrogens (tertiary/aromatic N) is 1. The zero-order chi connectivity index (χ0) is 13.5. The number of benzene rings is 1. The van der Waals surface area contributed by atoms with Crippen LogP contribution in [0.4, 0.5) is 17.1 Å². The van der Waals surface area contributed by atoms with Gasteiger partial charge in [-0.15, -0.1) is 0 Å². The Morgan fingerprint density at radius 1 is 1.39 bits per heavy atom. The van der Waals surface area contributed by atoms with E-state index in [-0.39, 0.29) is 10.6 Å². The van der Waals surface area contributed by atoms with Gasteiger partial charge in [0.05, 0.1) is 4.92 Å². The van der Waals surface area contributed by atoms with Crippen molar-refractivity contribution in [2.75, 3.05) is 30.5 Å². The summed E-state index contributed by atoms with van der Waals surface area (Å²) in [6, 6.07) is 4.96. The SMILES string of the molecule is CNc1cc(NCCC(C)SC)cc([N+](=O)[O-])c1. The van der Waals surface area contributed by atoms with Crippen LogP contribution in [0.5, 0.6) is 0 Å². The molecular formula is C12H19N3O2S. The highest BCUT2D eigenvalue weighted by Gasteiger charge is 2.09. The maximum absolute atomic E-state index is 10.8. The molecule has 5 nitrogen and oxygen atoms in total. The van der Waals surface area contributed by atoms with Gasteiger partial charge in [0, 0.05) is 42.3 Å². The number of non-ortho nitro benzene ring substituents is 1. The third-order valence-corrected chi connectivity index (χ3v) is 3.74. The van der Waals surface area contributed by atoms with E-state index in [0.29, 0.717) is 5.25 Å². The lowest BCUT2D eigenvalue weighted by atomic mass is 10.2. The van der Waals surface area contributed by atoms with Gasteiger partial charge in [0.1, 0.15) is 0 Å². The van der Waals surface area contributed by atoms with Crippen molar-refractivity contribution in [3.8, 4) is 0 Å². The van der Waals surface area contributed by atoms with E-state index in [1.54, 1.807) is 13.1 Å². The molecule has 100 valence electrons. The molecule has 0 aromatic heterocycles. The van der Waals surface area contributed by atoms with Gasteiger partial charge in [-0.1, -0.05) is 6.92 Å². The molecule has 0 saturated carbocycles. The fraction of sp³-hybridized carbons (Fsp3) is 0.500. The third kappa shape index (κ3) is 4.44. The largest absolute Gasteiger partial charge is 0.388 e. The molecular weight excluding hydrogens is 250 g/mol. The van der Waals surface area contributed by atoms with Gasteiger partial charge in [0.15, 0.2) is 0 Å². The Morgan fingerprint density at radius 3 is 2.61 bits per heavy atom. The van der Waals surface area contributed by atoms with Crippen LogP contribution in [-0.4, -0.2) is 30.0 Å². The first-order valence-corrected chi connectivity index (χ1v) is 7.09. The second-order valence-electron chi connectivity index (χ2n) is 4.04. The van der Waals surface area contributed by atoms with E-state index in [4.69, 9.17) is 0 Å². The summed E-state index contributed by atoms with van der Waals surface area (Å²) in [5.74, 6) is 0. The number of hydrogen-bond acceptors (Lipinski definition) is 5. The Bertz CT molecular complexity index is 412. The molecule has 0 aliphatic carbocycles. The first-order chi connectivity index (χ1) is 8.56. The lowest BCUT2D eigenvalue weighted by Gasteiger charge is -2.11. The molecule has 0 saturated heterocycles. The molecule has 1 aromatic rings. The monoisotopic (exact) mass is 269 g/mol. The second-order valence-corrected chi connectivity index (χ2v) is 5.31. The van der Waals surface area contributed by atoms with E-state index in [1.165, 1.54) is 6.07 Å². The van der Waals surface area contributed by atoms with E-state index in [2.05, 4.69) is 23.8 Å². The predicted octanol–water partition coefficient (Wildman–Crippen LogP) is 3.19. The highest BCUT2D eigenvalue weighted by Crippen LogP contribution is 2.24. The minimum atomic E-state index is -0.378. The van der Waals surface area contributed by atoms with Gasteiger partial charge in [-0.2, -0.15) is 11.8 Å². The molecule has 0 bridgehead atoms. The van der Waals surface area contributed by atoms with Gasteiger partial charge < -0.3 is 10.6 Å². The summed E-state index contributed by atoms with van der Waals surface area (Å²) in [4.78, 5) is 10.4. The van der Waals surface area contributed by atoms with Crippen molar-refractivity contribution in [1.29, 1.82) is 0 Å². The minimum Gasteiger partial charge on any atom is -0.388 e. The van der Waals surface area contributed by atoms with Crippen LogP contribution in [0.25, 0.3) is 0 Å². The van der Waals surface area contributed by atoms with Crippen LogP contribution in [0.15, 0.2) is 18.2 Å². The van der Waals surface area contributed by atoms with Gasteiger partial charge in [-0.25, -0.2) is 0 Å². The van der Waals surface area contributed by atoms with E-state index >= 15 is 0 Å². The smallest absolute Gasteiger partial charge is 0.273 e. The third-order valence-electron chi connectivity index (χ3n) is 2.70. The van der Waals surface area contributed by atoms with Crippen LogP contribution in [-0.2, 0) is 0 Å². The van der Waals surface area contributed by atoms with E-state index < -0.39 is 0 Å². The van der Waals surface area contributed by atoms with Crippen LogP contribution in [0.3, 0.4) is 0 Å². The molecule has 0 radical (unpaired) electrons. The highest BCUT2D eigenvalue weighted by atomic mass is 32.2. The summed E-state index contributed by atoms with van der Waals surface area (Å²) < 4.78 is 0. The van der Waals surface area contributed by atoms with Crippen molar-refractivity contribution in [3.63, 3.8) is 0 Å². The Hall–Kier alpha value is -1.43. The number of nitro groups is 1. The van der Waals surface area contributed by atoms with Crippen LogP contribution >= 0.6 is 11.8 Å². The van der Waals surface area contributed by atoms with Crippen molar-refractivity contribution in [2.45, 2.75) is 18.6 Å². The molecule has 0 spiro atoms. The molecule has 0 fully saturated rings. The molecule has 6 heteroatoms. The first kappa shape index (κ1) is 14.6. The summed E-state index contributed by atoms with van der Waals surface area (Å²) in [5, 5.41) is 17.5. The molecule has 18 heavy (non-hydrogen) atoms. The topological polar surface area (TPSA) is 67.2 Å². The highest BCUT2D eigenvalue weighted by molar-refractivity contribution is 7.99. The number of nitrogens with one attached hydrogen (secondary N) is 2. The average Bonchev–Trinajstić information content (AvgIpc) is 2.37. The zero-order valence-corrected chi connectivity index (χ0v) is 11.7. The van der Waals surface area contributed by atoms with Gasteiger partial charge in [0.2, 0.25) is 0 Å². The quantitative estimate of drug-likeness (QED) is 0.588. The maximum atomic E-state index is 10.8. The molecule has 1 aromatic carbocycles. The molecule has 0 aliphatic heterocycles. The van der Waals surface area contributed by atoms with Crippen molar-refractivity contribution in [1.82, 2.24) is 0 Å². The van der Waals surface area contributed by atoms with Crippen molar-refractivity contribution < 1.29 is 4.92 Å². The normalized spacial score (nSPS) is 11.9. The second kappa shape index (κ2) is 7.10. The Balaban J connectivity index is 2.69. The fourth-order valence-corrected chi connectivity index (χ4v) is 1.85. The summed E-state index contributed by atoms with van der Waals surface area (Å²) in [7, 11) is 1.75. The number of thioether (sulfide) groups is 1. The van der Waals surface area contributed by atoms with Crippen LogP contribution < -0.4 is 10.6 Å². The van der Waals surface area contributed by atoms with E-state index in [1.807, 2.05) is 17.8 Å². The average molecular weight is 269 g/mol. The van der Waals surface area contributed by atoms with Crippen molar-refractivity contribution in [3.05, 3.63) is 28.3 Å². The standard InChI is InChI=1S/C12H19N3O2S/c1-9(18-3)4-5-14-11-6-10(13-2)7-12(8-11)15(16)17/h6-9,13-14H,4-5H2,1-3H3. The Kier molecular flexibility index (Phi) is 5.77. The summed E-state index contributed by atoms with van der Waals surface area (Å²) >= 11 is 1.82. The number of rotatable bonds is 7. The molecule has 0 aliphatic rings. The summed E-state index contributed by atoms with van der Waals surface area (Å²) in [6.07, 6.45) is 3.11. The van der Waals surface area contributed by atoms with Crippen LogP contribution in [0.1, 0.15) is 13.3 Å². The van der Waals surface area contributed by atoms with Crippen molar-refractivity contribution in [2.24, 2.45) is 0 Å². The summed E-state index contributed by atoms with van der Waals surface area (Å²) in [5.41, 5.74) is 1.62. The van der Waals surface area contributed by atoms with Gasteiger partial charge in [-0.3, -0.25) is 10.1 Å². The molecule has 1 atom stereocenters. The lowest BCUT2D eigenvalue weighted by molar-refractivity contribution is -0.384. The van der Waals surface area contributed by atoms with Crippen LogP contribution in [0.2, 0.25) is 0 Å². The maximum Gasteiger partial charge on any atom is 0.273 e. The Morgan fingerprint density at radius 2 is 2.06 bits per heavy atom. The minimum absolute atomic E-state index is 0.0993. The van der Waals surface area contributed by atoms with Gasteiger partial charge >= 0.3 is 0 Å².